The Balaban J connectivity index is 0.00000144. The smallest absolute Gasteiger partial charge is 0.328 e. The van der Waals surface area contributed by atoms with Crippen molar-refractivity contribution in [3.05, 3.63) is 31.5 Å². The summed E-state index contributed by atoms with van der Waals surface area (Å²) in [5, 5.41) is 14.2. The van der Waals surface area contributed by atoms with Crippen molar-refractivity contribution in [1.82, 2.24) is 14.9 Å². The van der Waals surface area contributed by atoms with Gasteiger partial charge < -0.3 is 15.2 Å². The Hall–Kier alpha value is -0.380. The third kappa shape index (κ3) is 4.05. The molecule has 1 aromatic rings. The van der Waals surface area contributed by atoms with Gasteiger partial charge >= 0.3 is 5.69 Å². The molecule has 2 fully saturated rings. The molecule has 3 N–H and O–H groups in total. The van der Waals surface area contributed by atoms with Crippen LogP contribution in [-0.4, -0.2) is 45.6 Å². The van der Waals surface area contributed by atoms with E-state index in [0.29, 0.717) is 6.42 Å². The van der Waals surface area contributed by atoms with Crippen molar-refractivity contribution in [2.45, 2.75) is 43.4 Å². The first-order valence-electron chi connectivity index (χ1n) is 7.41. The summed E-state index contributed by atoms with van der Waals surface area (Å²) in [6, 6.07) is -0.534. The molecule has 0 radical (unpaired) electrons. The van der Waals surface area contributed by atoms with Crippen LogP contribution in [0.5, 0.6) is 0 Å². The summed E-state index contributed by atoms with van der Waals surface area (Å²) in [5.74, 6) is 0. The predicted octanol–water partition coefficient (Wildman–Crippen LogP) is 0.977. The first-order valence-corrected chi connectivity index (χ1v) is 8.20. The van der Waals surface area contributed by atoms with Crippen LogP contribution in [0, 0.1) is 0 Å². The molecule has 2 saturated heterocycles. The SMILES string of the molecule is C[C@@]1(O)CC2(CCNCC2)OC[C@H]1n1cc(Br)c(=O)[nH]c1=O.Cl.Cl. The Kier molecular flexibility index (Phi) is 7.12. The molecular weight excluding hydrogens is 425 g/mol. The Bertz CT molecular complexity index is 685. The van der Waals surface area contributed by atoms with Crippen LogP contribution >= 0.6 is 40.7 Å². The molecule has 1 aromatic heterocycles. The molecule has 3 rings (SSSR count). The Morgan fingerprint density at radius 2 is 1.96 bits per heavy atom. The fraction of sp³-hybridized carbons (Fsp3) is 0.714. The van der Waals surface area contributed by atoms with Crippen LogP contribution in [0.2, 0.25) is 0 Å². The number of H-pyrrole nitrogens is 1. The molecular formula is C14H22BrCl2N3O4. The first-order chi connectivity index (χ1) is 10.3. The molecule has 0 aliphatic carbocycles. The fourth-order valence-electron chi connectivity index (χ4n) is 3.53. The second kappa shape index (κ2) is 7.88. The third-order valence-electron chi connectivity index (χ3n) is 4.72. The molecule has 0 saturated carbocycles. The highest BCUT2D eigenvalue weighted by atomic mass is 79.9. The molecule has 2 atom stereocenters. The van der Waals surface area contributed by atoms with Crippen molar-refractivity contribution in [2.24, 2.45) is 0 Å². The van der Waals surface area contributed by atoms with Crippen molar-refractivity contribution < 1.29 is 9.84 Å². The van der Waals surface area contributed by atoms with E-state index in [9.17, 15) is 14.7 Å². The van der Waals surface area contributed by atoms with Gasteiger partial charge in [0.1, 0.15) is 0 Å². The Morgan fingerprint density at radius 1 is 1.33 bits per heavy atom. The molecule has 7 nitrogen and oxygen atoms in total. The number of nitrogens with zero attached hydrogens (tertiary/aromatic N) is 1. The maximum absolute atomic E-state index is 12.1. The zero-order valence-electron chi connectivity index (χ0n) is 13.2. The number of aromatic amines is 1. The van der Waals surface area contributed by atoms with Crippen LogP contribution in [0.3, 0.4) is 0 Å². The van der Waals surface area contributed by atoms with Gasteiger partial charge in [-0.25, -0.2) is 4.79 Å². The van der Waals surface area contributed by atoms with Crippen LogP contribution in [0.1, 0.15) is 32.2 Å². The van der Waals surface area contributed by atoms with Gasteiger partial charge in [0.25, 0.3) is 5.56 Å². The number of ether oxygens (including phenoxy) is 1. The number of nitrogens with one attached hydrogen (secondary N) is 2. The monoisotopic (exact) mass is 445 g/mol. The number of aromatic nitrogens is 2. The van der Waals surface area contributed by atoms with Gasteiger partial charge in [0.2, 0.25) is 0 Å². The Morgan fingerprint density at radius 3 is 2.54 bits per heavy atom. The van der Waals surface area contributed by atoms with E-state index in [1.54, 1.807) is 6.92 Å². The van der Waals surface area contributed by atoms with E-state index in [0.717, 1.165) is 25.9 Å². The maximum atomic E-state index is 12.1. The van der Waals surface area contributed by atoms with Crippen LogP contribution in [0.25, 0.3) is 0 Å². The molecule has 0 aromatic carbocycles. The fourth-order valence-corrected chi connectivity index (χ4v) is 3.85. The zero-order valence-corrected chi connectivity index (χ0v) is 16.4. The maximum Gasteiger partial charge on any atom is 0.328 e. The minimum absolute atomic E-state index is 0. The van der Waals surface area contributed by atoms with Gasteiger partial charge in [0.05, 0.1) is 28.3 Å². The lowest BCUT2D eigenvalue weighted by Gasteiger charge is -2.50. The van der Waals surface area contributed by atoms with Crippen molar-refractivity contribution >= 4 is 40.7 Å². The van der Waals surface area contributed by atoms with Crippen LogP contribution in [0.4, 0.5) is 0 Å². The molecule has 2 aliphatic heterocycles. The minimum atomic E-state index is -1.09. The molecule has 0 amide bonds. The number of piperidine rings is 1. The Labute approximate surface area is 160 Å². The van der Waals surface area contributed by atoms with E-state index in [2.05, 4.69) is 26.2 Å². The van der Waals surface area contributed by atoms with Gasteiger partial charge in [0.15, 0.2) is 0 Å². The van der Waals surface area contributed by atoms with Gasteiger partial charge in [-0.15, -0.1) is 24.8 Å². The lowest BCUT2D eigenvalue weighted by molar-refractivity contribution is -0.190. The van der Waals surface area contributed by atoms with Crippen molar-refractivity contribution in [3.63, 3.8) is 0 Å². The molecule has 0 bridgehead atoms. The normalized spacial score (nSPS) is 28.7. The minimum Gasteiger partial charge on any atom is -0.388 e. The number of halogens is 3. The number of rotatable bonds is 1. The summed E-state index contributed by atoms with van der Waals surface area (Å²) in [6.45, 7) is 3.70. The lowest BCUT2D eigenvalue weighted by atomic mass is 9.76. The van der Waals surface area contributed by atoms with Gasteiger partial charge in [-0.1, -0.05) is 0 Å². The molecule has 2 aliphatic rings. The molecule has 3 heterocycles. The zero-order chi connectivity index (χ0) is 16.0. The number of hydrogen-bond acceptors (Lipinski definition) is 5. The van der Waals surface area contributed by atoms with E-state index in [-0.39, 0.29) is 41.5 Å². The summed E-state index contributed by atoms with van der Waals surface area (Å²) in [5.41, 5.74) is -2.43. The van der Waals surface area contributed by atoms with Gasteiger partial charge in [-0.05, 0) is 48.8 Å². The van der Waals surface area contributed by atoms with Crippen molar-refractivity contribution in [3.8, 4) is 0 Å². The lowest BCUT2D eigenvalue weighted by Crippen LogP contribution is -2.58. The summed E-state index contributed by atoms with van der Waals surface area (Å²) in [4.78, 5) is 25.8. The molecule has 10 heteroatoms. The van der Waals surface area contributed by atoms with Crippen LogP contribution in [-0.2, 0) is 4.74 Å². The second-order valence-corrected chi connectivity index (χ2v) is 7.29. The summed E-state index contributed by atoms with van der Waals surface area (Å²) in [7, 11) is 0. The van der Waals surface area contributed by atoms with E-state index in [4.69, 9.17) is 4.74 Å². The first kappa shape index (κ1) is 21.7. The van der Waals surface area contributed by atoms with Gasteiger partial charge in [-0.2, -0.15) is 0 Å². The van der Waals surface area contributed by atoms with Crippen LogP contribution < -0.4 is 16.6 Å². The standard InChI is InChI=1S/C14H20BrN3O4.2ClH/c1-13(21)8-14(2-4-16-5-3-14)22-7-10(13)18-6-9(15)11(19)17-12(18)20;;/h6,10,16,21H,2-5,7-8H2,1H3,(H,17,19,20);2*1H/t10-,13-;;/m1../s1. The second-order valence-electron chi connectivity index (χ2n) is 6.44. The molecule has 1 spiro atoms. The van der Waals surface area contributed by atoms with Crippen molar-refractivity contribution in [1.29, 1.82) is 0 Å². The molecule has 0 unspecified atom stereocenters. The van der Waals surface area contributed by atoms with E-state index < -0.39 is 22.9 Å². The van der Waals surface area contributed by atoms with E-state index in [1.165, 1.54) is 10.8 Å². The average Bonchev–Trinajstić information content (AvgIpc) is 2.43. The molecule has 24 heavy (non-hydrogen) atoms. The van der Waals surface area contributed by atoms with E-state index >= 15 is 0 Å². The summed E-state index contributed by atoms with van der Waals surface area (Å²) < 4.78 is 7.67. The highest BCUT2D eigenvalue weighted by molar-refractivity contribution is 9.10. The quantitative estimate of drug-likeness (QED) is 0.597. The topological polar surface area (TPSA) is 96.3 Å². The average molecular weight is 447 g/mol. The number of aliphatic hydroxyl groups is 1. The van der Waals surface area contributed by atoms with E-state index in [1.807, 2.05) is 0 Å². The summed E-state index contributed by atoms with van der Waals surface area (Å²) in [6.07, 6.45) is 3.58. The van der Waals surface area contributed by atoms with Gasteiger partial charge in [0, 0.05) is 12.6 Å². The highest BCUT2D eigenvalue weighted by Gasteiger charge is 2.49. The number of hydrogen-bond donors (Lipinski definition) is 3. The third-order valence-corrected chi connectivity index (χ3v) is 5.29. The van der Waals surface area contributed by atoms with Gasteiger partial charge in [-0.3, -0.25) is 14.3 Å². The van der Waals surface area contributed by atoms with Crippen molar-refractivity contribution in [2.75, 3.05) is 19.7 Å². The predicted molar refractivity (Wildman–Crippen MR) is 98.6 cm³/mol. The van der Waals surface area contributed by atoms with Crippen LogP contribution in [0.15, 0.2) is 20.3 Å². The molecule has 138 valence electrons. The largest absolute Gasteiger partial charge is 0.388 e. The highest BCUT2D eigenvalue weighted by Crippen LogP contribution is 2.42. The summed E-state index contributed by atoms with van der Waals surface area (Å²) >= 11 is 3.12.